The molecule has 1 N–H and O–H groups in total. The Kier molecular flexibility index (Phi) is 5.94. The molecule has 3 aromatic rings. The van der Waals surface area contributed by atoms with Crippen LogP contribution in [0, 0.1) is 10.1 Å². The number of hydrogen-bond donors (Lipinski definition) is 1. The number of imide groups is 2. The number of carbonyl (C=O) groups excluding carboxylic acids is 3. The van der Waals surface area contributed by atoms with Gasteiger partial charge < -0.3 is 4.42 Å². The van der Waals surface area contributed by atoms with E-state index in [2.05, 4.69) is 5.32 Å². The van der Waals surface area contributed by atoms with Crippen LogP contribution < -0.4 is 10.2 Å². The van der Waals surface area contributed by atoms with Crippen LogP contribution in [-0.4, -0.2) is 22.8 Å². The molecule has 0 bridgehead atoms. The first kappa shape index (κ1) is 22.5. The number of nitrogens with zero attached hydrogens (tertiary/aromatic N) is 2. The number of barbiturate groups is 1. The molecule has 2 heterocycles. The van der Waals surface area contributed by atoms with Gasteiger partial charge in [0, 0.05) is 17.7 Å². The largest absolute Gasteiger partial charge is 0.457 e. The summed E-state index contributed by atoms with van der Waals surface area (Å²) in [6.45, 7) is 0. The van der Waals surface area contributed by atoms with Crippen molar-refractivity contribution in [3.63, 3.8) is 0 Å². The van der Waals surface area contributed by atoms with E-state index in [4.69, 9.17) is 39.2 Å². The minimum atomic E-state index is -0.982. The highest BCUT2D eigenvalue weighted by Gasteiger charge is 2.38. The molecule has 1 aliphatic rings. The number of nitro groups is 1. The van der Waals surface area contributed by atoms with Crippen molar-refractivity contribution < 1.29 is 23.7 Å². The summed E-state index contributed by atoms with van der Waals surface area (Å²) in [5.74, 6) is -1.51. The fourth-order valence-electron chi connectivity index (χ4n) is 3.08. The van der Waals surface area contributed by atoms with E-state index in [9.17, 15) is 24.5 Å². The molecule has 1 saturated heterocycles. The average molecular weight is 507 g/mol. The summed E-state index contributed by atoms with van der Waals surface area (Å²) < 4.78 is 5.65. The number of hydrogen-bond acceptors (Lipinski definition) is 6. The Bertz CT molecular complexity index is 1380. The summed E-state index contributed by atoms with van der Waals surface area (Å²) >= 11 is 18.2. The third kappa shape index (κ3) is 4.21. The summed E-state index contributed by atoms with van der Waals surface area (Å²) in [6, 6.07) is 10.2. The first-order valence-electron chi connectivity index (χ1n) is 9.07. The van der Waals surface area contributed by atoms with Gasteiger partial charge in [0.15, 0.2) is 0 Å². The SMILES string of the molecule is O=C1NC(=O)N(c2cccc(Cl)c2Cl)C(=O)/C1=C/c1ccc(-c2ccc([N+](=O)[O-])cc2Cl)o1. The second-order valence-electron chi connectivity index (χ2n) is 6.65. The summed E-state index contributed by atoms with van der Waals surface area (Å²) in [4.78, 5) is 48.7. The number of nitrogens with one attached hydrogen (secondary N) is 1. The average Bonchev–Trinajstić information content (AvgIpc) is 3.22. The van der Waals surface area contributed by atoms with E-state index in [-0.39, 0.29) is 43.5 Å². The van der Waals surface area contributed by atoms with Gasteiger partial charge in [-0.1, -0.05) is 40.9 Å². The van der Waals surface area contributed by atoms with Crippen molar-refractivity contribution in [2.45, 2.75) is 0 Å². The second-order valence-corrected chi connectivity index (χ2v) is 7.85. The molecule has 0 aliphatic carbocycles. The van der Waals surface area contributed by atoms with Crippen LogP contribution in [0.3, 0.4) is 0 Å². The smallest absolute Gasteiger partial charge is 0.336 e. The van der Waals surface area contributed by atoms with Gasteiger partial charge in [-0.15, -0.1) is 0 Å². The lowest BCUT2D eigenvalue weighted by Crippen LogP contribution is -2.54. The molecule has 2 aromatic carbocycles. The van der Waals surface area contributed by atoms with E-state index in [0.29, 0.717) is 10.5 Å². The van der Waals surface area contributed by atoms with Crippen LogP contribution in [0.1, 0.15) is 5.76 Å². The quantitative estimate of drug-likeness (QED) is 0.216. The number of benzene rings is 2. The van der Waals surface area contributed by atoms with Crippen LogP contribution in [-0.2, 0) is 9.59 Å². The predicted octanol–water partition coefficient (Wildman–Crippen LogP) is 5.48. The van der Waals surface area contributed by atoms with Crippen molar-refractivity contribution in [3.8, 4) is 11.3 Å². The molecule has 0 atom stereocenters. The first-order chi connectivity index (χ1) is 15.7. The lowest BCUT2D eigenvalue weighted by atomic mass is 10.1. The van der Waals surface area contributed by atoms with Crippen molar-refractivity contribution in [1.29, 1.82) is 0 Å². The van der Waals surface area contributed by atoms with E-state index in [1.54, 1.807) is 0 Å². The van der Waals surface area contributed by atoms with Crippen molar-refractivity contribution in [3.05, 3.63) is 85.0 Å². The second kappa shape index (κ2) is 8.70. The van der Waals surface area contributed by atoms with Crippen molar-refractivity contribution in [2.24, 2.45) is 0 Å². The third-order valence-electron chi connectivity index (χ3n) is 4.62. The number of amides is 4. The number of non-ortho nitro benzene ring substituents is 1. The number of halogens is 3. The minimum Gasteiger partial charge on any atom is -0.457 e. The lowest BCUT2D eigenvalue weighted by molar-refractivity contribution is -0.384. The number of rotatable bonds is 4. The van der Waals surface area contributed by atoms with E-state index >= 15 is 0 Å². The van der Waals surface area contributed by atoms with Crippen molar-refractivity contribution in [1.82, 2.24) is 5.32 Å². The van der Waals surface area contributed by atoms with Crippen LogP contribution in [0.15, 0.2) is 58.5 Å². The lowest BCUT2D eigenvalue weighted by Gasteiger charge is -2.27. The zero-order valence-electron chi connectivity index (χ0n) is 16.2. The highest BCUT2D eigenvalue weighted by molar-refractivity contribution is 6.46. The van der Waals surface area contributed by atoms with Crippen LogP contribution in [0.2, 0.25) is 15.1 Å². The maximum Gasteiger partial charge on any atom is 0.336 e. The molecule has 0 unspecified atom stereocenters. The van der Waals surface area contributed by atoms with Gasteiger partial charge >= 0.3 is 6.03 Å². The molecule has 9 nitrogen and oxygen atoms in total. The number of anilines is 1. The van der Waals surface area contributed by atoms with E-state index in [0.717, 1.165) is 6.08 Å². The van der Waals surface area contributed by atoms with Crippen LogP contribution >= 0.6 is 34.8 Å². The van der Waals surface area contributed by atoms with Gasteiger partial charge in [0.1, 0.15) is 17.1 Å². The zero-order valence-corrected chi connectivity index (χ0v) is 18.4. The molecule has 4 amide bonds. The first-order valence-corrected chi connectivity index (χ1v) is 10.2. The zero-order chi connectivity index (χ0) is 23.9. The Hall–Kier alpha value is -3.66. The van der Waals surface area contributed by atoms with Crippen LogP contribution in [0.25, 0.3) is 17.4 Å². The van der Waals surface area contributed by atoms with E-state index in [1.165, 1.54) is 48.5 Å². The molecular weight excluding hydrogens is 497 g/mol. The maximum absolute atomic E-state index is 13.0. The van der Waals surface area contributed by atoms with Gasteiger partial charge in [-0.2, -0.15) is 0 Å². The molecular formula is C21H10Cl3N3O6. The molecule has 1 aliphatic heterocycles. The number of nitro benzene ring substituents is 1. The molecule has 4 rings (SSSR count). The van der Waals surface area contributed by atoms with Crippen molar-refractivity contribution >= 4 is 70.1 Å². The summed E-state index contributed by atoms with van der Waals surface area (Å²) in [5, 5.41) is 13.1. The fourth-order valence-corrected chi connectivity index (χ4v) is 3.72. The Labute approximate surface area is 200 Å². The molecule has 1 aromatic heterocycles. The van der Waals surface area contributed by atoms with Gasteiger partial charge in [0.05, 0.1) is 25.7 Å². The maximum atomic E-state index is 13.0. The van der Waals surface area contributed by atoms with Gasteiger partial charge in [0.25, 0.3) is 17.5 Å². The van der Waals surface area contributed by atoms with Crippen LogP contribution in [0.5, 0.6) is 0 Å². The predicted molar refractivity (Wildman–Crippen MR) is 121 cm³/mol. The van der Waals surface area contributed by atoms with E-state index in [1.807, 2.05) is 0 Å². The minimum absolute atomic E-state index is 0.00265. The molecule has 0 saturated carbocycles. The fraction of sp³-hybridized carbons (Fsp3) is 0. The van der Waals surface area contributed by atoms with Gasteiger partial charge in [-0.25, -0.2) is 9.69 Å². The molecule has 1 fully saturated rings. The van der Waals surface area contributed by atoms with Crippen LogP contribution in [0.4, 0.5) is 16.2 Å². The molecule has 0 radical (unpaired) electrons. The third-order valence-corrected chi connectivity index (χ3v) is 5.74. The summed E-state index contributed by atoms with van der Waals surface area (Å²) in [6.07, 6.45) is 1.15. The van der Waals surface area contributed by atoms with Gasteiger partial charge in [-0.3, -0.25) is 25.0 Å². The normalized spacial score (nSPS) is 15.2. The number of furan rings is 1. The summed E-state index contributed by atoms with van der Waals surface area (Å²) in [7, 11) is 0. The standard InChI is InChI=1S/C21H10Cl3N3O6/c22-14-2-1-3-16(18(14)24)26-20(29)13(19(28)25-21(26)30)9-11-5-7-17(33-11)12-6-4-10(27(31)32)8-15(12)23/h1-9H,(H,25,28,30)/b13-9+. The van der Waals surface area contributed by atoms with Crippen molar-refractivity contribution in [2.75, 3.05) is 4.90 Å². The highest BCUT2D eigenvalue weighted by Crippen LogP contribution is 2.35. The molecule has 0 spiro atoms. The highest BCUT2D eigenvalue weighted by atomic mass is 35.5. The molecule has 166 valence electrons. The Morgan fingerprint density at radius 2 is 1.76 bits per heavy atom. The number of carbonyl (C=O) groups is 3. The van der Waals surface area contributed by atoms with Gasteiger partial charge in [-0.05, 0) is 36.4 Å². The Morgan fingerprint density at radius 1 is 1.00 bits per heavy atom. The summed E-state index contributed by atoms with van der Waals surface area (Å²) in [5.41, 5.74) is -0.204. The number of urea groups is 1. The Morgan fingerprint density at radius 3 is 2.45 bits per heavy atom. The monoisotopic (exact) mass is 505 g/mol. The Balaban J connectivity index is 1.69. The topological polar surface area (TPSA) is 123 Å². The molecule has 33 heavy (non-hydrogen) atoms. The van der Waals surface area contributed by atoms with Gasteiger partial charge in [0.2, 0.25) is 0 Å². The molecule has 12 heteroatoms. The van der Waals surface area contributed by atoms with E-state index < -0.39 is 22.8 Å².